The van der Waals surface area contributed by atoms with Crippen LogP contribution in [0.15, 0.2) is 35.5 Å². The van der Waals surface area contributed by atoms with E-state index in [1.54, 1.807) is 5.57 Å². The molecule has 0 saturated heterocycles. The van der Waals surface area contributed by atoms with Crippen LogP contribution in [0.2, 0.25) is 0 Å². The Morgan fingerprint density at radius 2 is 1.76 bits per heavy atom. The monoisotopic (exact) mass is 394 g/mol. The SMILES string of the molecule is CC(C)[C@@H](C)/C=C/[C@@H](C)[C@H]1CC[C@H]2C3=CCC4=CC(=O)CC[C@@]4(C)[C@@H]3CC[C@]12C. The molecule has 160 valence electrons. The second-order valence-electron chi connectivity index (χ2n) is 11.6. The summed E-state index contributed by atoms with van der Waals surface area (Å²) in [6.45, 7) is 14.6. The number of hydrogen-bond donors (Lipinski definition) is 0. The topological polar surface area (TPSA) is 17.1 Å². The Balaban J connectivity index is 1.57. The van der Waals surface area contributed by atoms with Gasteiger partial charge in [0.25, 0.3) is 0 Å². The molecule has 2 saturated carbocycles. The van der Waals surface area contributed by atoms with Gasteiger partial charge >= 0.3 is 0 Å². The molecule has 0 amide bonds. The number of ketones is 1. The van der Waals surface area contributed by atoms with Gasteiger partial charge in [-0.05, 0) is 90.9 Å². The minimum atomic E-state index is 0.246. The quantitative estimate of drug-likeness (QED) is 0.450. The fourth-order valence-electron chi connectivity index (χ4n) is 7.47. The number of carbonyl (C=O) groups is 1. The summed E-state index contributed by atoms with van der Waals surface area (Å²) in [5, 5.41) is 0. The van der Waals surface area contributed by atoms with Crippen molar-refractivity contribution in [3.8, 4) is 0 Å². The van der Waals surface area contributed by atoms with Crippen molar-refractivity contribution in [1.29, 1.82) is 0 Å². The maximum absolute atomic E-state index is 12.0. The summed E-state index contributed by atoms with van der Waals surface area (Å²) in [7, 11) is 0. The summed E-state index contributed by atoms with van der Waals surface area (Å²) < 4.78 is 0. The van der Waals surface area contributed by atoms with Gasteiger partial charge in [-0.25, -0.2) is 0 Å². The van der Waals surface area contributed by atoms with Crippen LogP contribution >= 0.6 is 0 Å². The minimum Gasteiger partial charge on any atom is -0.295 e. The van der Waals surface area contributed by atoms with Crippen molar-refractivity contribution in [3.63, 3.8) is 0 Å². The van der Waals surface area contributed by atoms with E-state index in [4.69, 9.17) is 0 Å². The Kier molecular flexibility index (Phi) is 5.50. The molecule has 7 atom stereocenters. The molecule has 4 aliphatic rings. The average Bonchev–Trinajstić information content (AvgIpc) is 3.03. The Morgan fingerprint density at radius 3 is 2.48 bits per heavy atom. The molecular formula is C28H42O. The molecule has 29 heavy (non-hydrogen) atoms. The standard InChI is InChI=1S/C28H42O/c1-18(2)19(3)7-8-20(4)24-11-12-25-23-10-9-21-17-22(29)13-15-27(21,5)26(23)14-16-28(24,25)6/h7-8,10,17-20,24-26H,9,11-16H2,1-6H3/b8-7+/t19-,20+,24+,25-,26+,27+,28+/m0/s1. The van der Waals surface area contributed by atoms with Crippen LogP contribution in [0.1, 0.15) is 86.5 Å². The Hall–Kier alpha value is -1.11. The highest BCUT2D eigenvalue weighted by molar-refractivity contribution is 5.91. The molecule has 4 aliphatic carbocycles. The zero-order chi connectivity index (χ0) is 21.0. The number of allylic oxidation sites excluding steroid dienone is 6. The van der Waals surface area contributed by atoms with Crippen LogP contribution in [0.25, 0.3) is 0 Å². The van der Waals surface area contributed by atoms with Crippen LogP contribution in [0, 0.1) is 46.3 Å². The highest BCUT2D eigenvalue weighted by atomic mass is 16.1. The van der Waals surface area contributed by atoms with Gasteiger partial charge < -0.3 is 0 Å². The first kappa shape index (κ1) is 21.1. The second-order valence-corrected chi connectivity index (χ2v) is 11.6. The molecule has 0 aromatic carbocycles. The molecule has 0 spiro atoms. The maximum atomic E-state index is 12.0. The molecule has 4 rings (SSSR count). The van der Waals surface area contributed by atoms with Crippen molar-refractivity contribution in [2.45, 2.75) is 86.5 Å². The van der Waals surface area contributed by atoms with Gasteiger partial charge in [0.05, 0.1) is 0 Å². The van der Waals surface area contributed by atoms with Crippen molar-refractivity contribution in [2.75, 3.05) is 0 Å². The first-order valence-electron chi connectivity index (χ1n) is 12.3. The third kappa shape index (κ3) is 3.41. The van der Waals surface area contributed by atoms with Gasteiger partial charge in [-0.1, -0.05) is 70.9 Å². The molecule has 1 heteroatoms. The Labute approximate surface area is 179 Å². The lowest BCUT2D eigenvalue weighted by Crippen LogP contribution is -2.46. The summed E-state index contributed by atoms with van der Waals surface area (Å²) in [5.74, 6) is 4.66. The molecule has 0 aromatic rings. The fraction of sp³-hybridized carbons (Fsp3) is 0.750. The van der Waals surface area contributed by atoms with Gasteiger partial charge in [-0.15, -0.1) is 0 Å². The first-order chi connectivity index (χ1) is 13.7. The molecule has 0 radical (unpaired) electrons. The Morgan fingerprint density at radius 1 is 1.00 bits per heavy atom. The predicted molar refractivity (Wildman–Crippen MR) is 122 cm³/mol. The van der Waals surface area contributed by atoms with Crippen LogP contribution in [0.5, 0.6) is 0 Å². The van der Waals surface area contributed by atoms with Crippen LogP contribution in [0.4, 0.5) is 0 Å². The van der Waals surface area contributed by atoms with Crippen LogP contribution < -0.4 is 0 Å². The Bertz CT molecular complexity index is 752. The summed E-state index contributed by atoms with van der Waals surface area (Å²) in [5.41, 5.74) is 3.91. The molecule has 0 aromatic heterocycles. The minimum absolute atomic E-state index is 0.246. The van der Waals surface area contributed by atoms with E-state index in [0.29, 0.717) is 29.0 Å². The van der Waals surface area contributed by atoms with Crippen molar-refractivity contribution < 1.29 is 4.79 Å². The van der Waals surface area contributed by atoms with E-state index in [1.165, 1.54) is 31.3 Å². The smallest absolute Gasteiger partial charge is 0.155 e. The van der Waals surface area contributed by atoms with Gasteiger partial charge in [0, 0.05) is 6.42 Å². The number of carbonyl (C=O) groups excluding carboxylic acids is 1. The summed E-state index contributed by atoms with van der Waals surface area (Å²) in [6.07, 6.45) is 17.9. The molecule has 0 N–H and O–H groups in total. The van der Waals surface area contributed by atoms with Crippen molar-refractivity contribution in [3.05, 3.63) is 35.5 Å². The molecule has 0 unspecified atom stereocenters. The van der Waals surface area contributed by atoms with Crippen molar-refractivity contribution >= 4 is 5.78 Å². The van der Waals surface area contributed by atoms with Gasteiger partial charge in [0.15, 0.2) is 5.78 Å². The zero-order valence-corrected chi connectivity index (χ0v) is 19.6. The number of hydrogen-bond acceptors (Lipinski definition) is 1. The highest BCUT2D eigenvalue weighted by Gasteiger charge is 2.56. The van der Waals surface area contributed by atoms with Gasteiger partial charge in [0.1, 0.15) is 0 Å². The van der Waals surface area contributed by atoms with Crippen LogP contribution in [-0.4, -0.2) is 5.78 Å². The van der Waals surface area contributed by atoms with Crippen LogP contribution in [0.3, 0.4) is 0 Å². The molecule has 0 aliphatic heterocycles. The summed E-state index contributed by atoms with van der Waals surface area (Å²) in [4.78, 5) is 12.0. The van der Waals surface area contributed by atoms with E-state index in [9.17, 15) is 4.79 Å². The normalized spacial score (nSPS) is 41.5. The molecule has 0 heterocycles. The van der Waals surface area contributed by atoms with Gasteiger partial charge in [0.2, 0.25) is 0 Å². The largest absolute Gasteiger partial charge is 0.295 e. The molecule has 2 fully saturated rings. The van der Waals surface area contributed by atoms with E-state index in [0.717, 1.165) is 37.0 Å². The molecule has 0 bridgehead atoms. The number of fused-ring (bicyclic) bond motifs is 5. The van der Waals surface area contributed by atoms with Gasteiger partial charge in [-0.2, -0.15) is 0 Å². The lowest BCUT2D eigenvalue weighted by Gasteiger charge is -2.54. The fourth-order valence-corrected chi connectivity index (χ4v) is 7.47. The summed E-state index contributed by atoms with van der Waals surface area (Å²) in [6, 6.07) is 0. The molecular weight excluding hydrogens is 352 g/mol. The van der Waals surface area contributed by atoms with E-state index in [2.05, 4.69) is 59.8 Å². The van der Waals surface area contributed by atoms with Gasteiger partial charge in [-0.3, -0.25) is 4.79 Å². The third-order valence-electron chi connectivity index (χ3n) is 9.88. The predicted octanol–water partition coefficient (Wildman–Crippen LogP) is 7.54. The van der Waals surface area contributed by atoms with E-state index >= 15 is 0 Å². The number of rotatable bonds is 4. The van der Waals surface area contributed by atoms with Crippen molar-refractivity contribution in [2.24, 2.45) is 46.3 Å². The van der Waals surface area contributed by atoms with Crippen molar-refractivity contribution in [1.82, 2.24) is 0 Å². The van der Waals surface area contributed by atoms with Crippen LogP contribution in [-0.2, 0) is 4.79 Å². The van der Waals surface area contributed by atoms with E-state index in [1.807, 2.05) is 6.08 Å². The molecule has 1 nitrogen and oxygen atoms in total. The van der Waals surface area contributed by atoms with E-state index < -0.39 is 0 Å². The zero-order valence-electron chi connectivity index (χ0n) is 19.6. The average molecular weight is 395 g/mol. The highest BCUT2D eigenvalue weighted by Crippen LogP contribution is 2.66. The first-order valence-corrected chi connectivity index (χ1v) is 12.3. The maximum Gasteiger partial charge on any atom is 0.155 e. The lowest BCUT2D eigenvalue weighted by atomic mass is 9.50. The second kappa shape index (κ2) is 7.54. The van der Waals surface area contributed by atoms with E-state index in [-0.39, 0.29) is 5.41 Å². The third-order valence-corrected chi connectivity index (χ3v) is 9.88. The lowest BCUT2D eigenvalue weighted by molar-refractivity contribution is -0.116. The summed E-state index contributed by atoms with van der Waals surface area (Å²) >= 11 is 0.